The van der Waals surface area contributed by atoms with E-state index in [0.717, 1.165) is 42.4 Å². The molecule has 6 nitrogen and oxygen atoms in total. The first-order valence-corrected chi connectivity index (χ1v) is 10.8. The first-order valence-electron chi connectivity index (χ1n) is 10.8. The summed E-state index contributed by atoms with van der Waals surface area (Å²) < 4.78 is 23.8. The molecular weight excluding hydrogens is 411 g/mol. The van der Waals surface area contributed by atoms with Crippen molar-refractivity contribution in [3.8, 4) is 5.75 Å². The van der Waals surface area contributed by atoms with Crippen molar-refractivity contribution in [3.05, 3.63) is 76.6 Å². The molecule has 0 radical (unpaired) electrons. The third kappa shape index (κ3) is 4.39. The predicted molar refractivity (Wildman–Crippen MR) is 117 cm³/mol. The fraction of sp³-hybridized carbons (Fsp3) is 0.360. The highest BCUT2D eigenvalue weighted by Crippen LogP contribution is 2.37. The SMILES string of the molecule is COC(=O)[C@@H](N[C@@H]1C2=C(CCCC2)C(=O)N1Cc1ccc(F)cc1)c1cccc(OC)c1. The standard InChI is InChI=1S/C25H27FN2O4/c1-31-19-7-5-6-17(14-19)22(25(30)32-2)27-23-20-8-3-4-9-21(20)24(29)28(23)15-16-10-12-18(26)13-11-16/h5-7,10-14,22-23,27H,3-4,8-9,15H2,1-2H3/t22-,23-/m0/s1. The van der Waals surface area contributed by atoms with Crippen LogP contribution >= 0.6 is 0 Å². The second-order valence-corrected chi connectivity index (χ2v) is 8.07. The molecule has 0 saturated carbocycles. The lowest BCUT2D eigenvalue weighted by molar-refractivity contribution is -0.144. The minimum absolute atomic E-state index is 0.0317. The van der Waals surface area contributed by atoms with Gasteiger partial charge in [-0.15, -0.1) is 0 Å². The molecule has 1 N–H and O–H groups in total. The highest BCUT2D eigenvalue weighted by Gasteiger charge is 2.41. The van der Waals surface area contributed by atoms with Gasteiger partial charge in [-0.2, -0.15) is 0 Å². The summed E-state index contributed by atoms with van der Waals surface area (Å²) in [6.45, 7) is 0.315. The summed E-state index contributed by atoms with van der Waals surface area (Å²) in [5.74, 6) is -0.174. The van der Waals surface area contributed by atoms with Gasteiger partial charge < -0.3 is 14.4 Å². The number of benzene rings is 2. The average molecular weight is 438 g/mol. The lowest BCUT2D eigenvalue weighted by atomic mass is 9.92. The van der Waals surface area contributed by atoms with E-state index < -0.39 is 18.2 Å². The molecule has 2 atom stereocenters. The van der Waals surface area contributed by atoms with Crippen molar-refractivity contribution in [2.24, 2.45) is 0 Å². The zero-order chi connectivity index (χ0) is 22.7. The molecule has 0 spiro atoms. The first kappa shape index (κ1) is 22.0. The summed E-state index contributed by atoms with van der Waals surface area (Å²) in [7, 11) is 2.91. The van der Waals surface area contributed by atoms with Gasteiger partial charge in [-0.1, -0.05) is 24.3 Å². The third-order valence-corrected chi connectivity index (χ3v) is 6.13. The molecule has 0 aromatic heterocycles. The Morgan fingerprint density at radius 2 is 1.91 bits per heavy atom. The number of methoxy groups -OCH3 is 2. The highest BCUT2D eigenvalue weighted by molar-refractivity contribution is 5.98. The fourth-order valence-electron chi connectivity index (χ4n) is 4.49. The van der Waals surface area contributed by atoms with Gasteiger partial charge in [0.1, 0.15) is 23.8 Å². The van der Waals surface area contributed by atoms with Crippen molar-refractivity contribution >= 4 is 11.9 Å². The summed E-state index contributed by atoms with van der Waals surface area (Å²) >= 11 is 0. The summed E-state index contributed by atoms with van der Waals surface area (Å²) in [5, 5.41) is 3.39. The number of esters is 1. The molecule has 1 heterocycles. The Balaban J connectivity index is 1.68. The van der Waals surface area contributed by atoms with E-state index in [1.165, 1.54) is 19.2 Å². The van der Waals surface area contributed by atoms with Gasteiger partial charge in [0, 0.05) is 12.1 Å². The van der Waals surface area contributed by atoms with E-state index in [-0.39, 0.29) is 11.7 Å². The number of amides is 1. The van der Waals surface area contributed by atoms with Gasteiger partial charge in [0.05, 0.1) is 14.2 Å². The van der Waals surface area contributed by atoms with Crippen LogP contribution < -0.4 is 10.1 Å². The number of carbonyl (C=O) groups excluding carboxylic acids is 2. The normalized spacial score (nSPS) is 19.0. The van der Waals surface area contributed by atoms with Gasteiger partial charge in [-0.05, 0) is 66.6 Å². The number of hydrogen-bond acceptors (Lipinski definition) is 5. The predicted octanol–water partition coefficient (Wildman–Crippen LogP) is 3.88. The molecule has 0 fully saturated rings. The Hall–Kier alpha value is -3.19. The van der Waals surface area contributed by atoms with Crippen LogP contribution in [0.25, 0.3) is 0 Å². The lowest BCUT2D eigenvalue weighted by Crippen LogP contribution is -2.48. The Morgan fingerprint density at radius 3 is 2.62 bits per heavy atom. The Labute approximate surface area is 187 Å². The molecule has 0 unspecified atom stereocenters. The van der Waals surface area contributed by atoms with Gasteiger partial charge in [0.2, 0.25) is 0 Å². The maximum Gasteiger partial charge on any atom is 0.327 e. The van der Waals surface area contributed by atoms with E-state index in [2.05, 4.69) is 5.32 Å². The van der Waals surface area contributed by atoms with Crippen molar-refractivity contribution < 1.29 is 23.5 Å². The molecule has 0 saturated heterocycles. The monoisotopic (exact) mass is 438 g/mol. The van der Waals surface area contributed by atoms with Crippen molar-refractivity contribution in [1.29, 1.82) is 0 Å². The molecule has 1 aliphatic heterocycles. The van der Waals surface area contributed by atoms with E-state index in [0.29, 0.717) is 17.9 Å². The molecule has 1 amide bonds. The molecule has 2 aromatic carbocycles. The van der Waals surface area contributed by atoms with Gasteiger partial charge >= 0.3 is 5.97 Å². The largest absolute Gasteiger partial charge is 0.497 e. The molecule has 2 aliphatic rings. The summed E-state index contributed by atoms with van der Waals surface area (Å²) in [4.78, 5) is 27.8. The van der Waals surface area contributed by atoms with Crippen LogP contribution in [-0.2, 0) is 20.9 Å². The van der Waals surface area contributed by atoms with Gasteiger partial charge in [-0.3, -0.25) is 10.1 Å². The number of hydrogen-bond donors (Lipinski definition) is 1. The van der Waals surface area contributed by atoms with Crippen molar-refractivity contribution in [3.63, 3.8) is 0 Å². The van der Waals surface area contributed by atoms with Crippen LogP contribution in [0.2, 0.25) is 0 Å². The van der Waals surface area contributed by atoms with Crippen LogP contribution in [0, 0.1) is 5.82 Å². The van der Waals surface area contributed by atoms with E-state index >= 15 is 0 Å². The van der Waals surface area contributed by atoms with Crippen LogP contribution in [0.3, 0.4) is 0 Å². The van der Waals surface area contributed by atoms with E-state index in [9.17, 15) is 14.0 Å². The number of nitrogens with one attached hydrogen (secondary N) is 1. The zero-order valence-corrected chi connectivity index (χ0v) is 18.3. The Bertz CT molecular complexity index is 1030. The minimum atomic E-state index is -0.780. The number of halogens is 1. The van der Waals surface area contributed by atoms with Crippen LogP contribution in [-0.4, -0.2) is 37.2 Å². The minimum Gasteiger partial charge on any atom is -0.497 e. The average Bonchev–Trinajstić information content (AvgIpc) is 3.09. The molecular formula is C25H27FN2O4. The Kier molecular flexibility index (Phi) is 6.55. The number of rotatable bonds is 7. The van der Waals surface area contributed by atoms with Crippen LogP contribution in [0.5, 0.6) is 5.75 Å². The molecule has 0 bridgehead atoms. The van der Waals surface area contributed by atoms with Crippen molar-refractivity contribution in [2.75, 3.05) is 14.2 Å². The van der Waals surface area contributed by atoms with Crippen molar-refractivity contribution in [1.82, 2.24) is 10.2 Å². The molecule has 32 heavy (non-hydrogen) atoms. The number of nitrogens with zero attached hydrogens (tertiary/aromatic N) is 1. The molecule has 168 valence electrons. The number of carbonyl (C=O) groups is 2. The maximum absolute atomic E-state index is 13.4. The molecule has 7 heteroatoms. The Morgan fingerprint density at radius 1 is 1.16 bits per heavy atom. The fourth-order valence-corrected chi connectivity index (χ4v) is 4.49. The molecule has 1 aliphatic carbocycles. The molecule has 4 rings (SSSR count). The topological polar surface area (TPSA) is 67.9 Å². The second-order valence-electron chi connectivity index (χ2n) is 8.07. The summed E-state index contributed by atoms with van der Waals surface area (Å²) in [6.07, 6.45) is 3.05. The lowest BCUT2D eigenvalue weighted by Gasteiger charge is -2.31. The highest BCUT2D eigenvalue weighted by atomic mass is 19.1. The second kappa shape index (κ2) is 9.53. The smallest absolute Gasteiger partial charge is 0.327 e. The van der Waals surface area contributed by atoms with Gasteiger partial charge in [0.25, 0.3) is 5.91 Å². The van der Waals surface area contributed by atoms with E-state index in [4.69, 9.17) is 9.47 Å². The zero-order valence-electron chi connectivity index (χ0n) is 18.3. The molecule has 2 aromatic rings. The van der Waals surface area contributed by atoms with Crippen molar-refractivity contribution in [2.45, 2.75) is 44.4 Å². The third-order valence-electron chi connectivity index (χ3n) is 6.13. The summed E-state index contributed by atoms with van der Waals surface area (Å²) in [6, 6.07) is 12.6. The first-order chi connectivity index (χ1) is 15.5. The number of ether oxygens (including phenoxy) is 2. The van der Waals surface area contributed by atoms with Crippen LogP contribution in [0.1, 0.15) is 42.9 Å². The van der Waals surface area contributed by atoms with Crippen LogP contribution in [0.15, 0.2) is 59.7 Å². The van der Waals surface area contributed by atoms with Gasteiger partial charge in [-0.25, -0.2) is 9.18 Å². The van der Waals surface area contributed by atoms with Crippen LogP contribution in [0.4, 0.5) is 4.39 Å². The van der Waals surface area contributed by atoms with E-state index in [1.807, 2.05) is 12.1 Å². The maximum atomic E-state index is 13.4. The van der Waals surface area contributed by atoms with E-state index in [1.54, 1.807) is 36.3 Å². The summed E-state index contributed by atoms with van der Waals surface area (Å²) in [5.41, 5.74) is 3.36. The van der Waals surface area contributed by atoms with Gasteiger partial charge in [0.15, 0.2) is 0 Å². The quantitative estimate of drug-likeness (QED) is 0.665.